The first kappa shape index (κ1) is 23.6. The van der Waals surface area contributed by atoms with E-state index in [0.29, 0.717) is 23.8 Å². The van der Waals surface area contributed by atoms with Crippen molar-refractivity contribution in [3.8, 4) is 6.07 Å². The predicted octanol–water partition coefficient (Wildman–Crippen LogP) is 3.91. The lowest BCUT2D eigenvalue weighted by Crippen LogP contribution is -2.27. The highest BCUT2D eigenvalue weighted by atomic mass is 32.2. The lowest BCUT2D eigenvalue weighted by Gasteiger charge is -2.27. The van der Waals surface area contributed by atoms with Gasteiger partial charge in [-0.05, 0) is 36.8 Å². The highest BCUT2D eigenvalue weighted by molar-refractivity contribution is 7.82. The van der Waals surface area contributed by atoms with Gasteiger partial charge in [-0.1, -0.05) is 30.3 Å². The van der Waals surface area contributed by atoms with Crippen molar-refractivity contribution < 1.29 is 13.7 Å². The van der Waals surface area contributed by atoms with Gasteiger partial charge in [0.05, 0.1) is 18.2 Å². The molecular weight excluding hydrogens is 444 g/mol. The third kappa shape index (κ3) is 5.79. The minimum atomic E-state index is -1.48. The number of methoxy groups -OCH3 is 1. The van der Waals surface area contributed by atoms with Crippen molar-refractivity contribution in [2.75, 3.05) is 31.4 Å². The number of nitriles is 1. The summed E-state index contributed by atoms with van der Waals surface area (Å²) in [7, 11) is 0.191. The van der Waals surface area contributed by atoms with Gasteiger partial charge in [-0.15, -0.1) is 11.3 Å². The number of nitrogens with zero attached hydrogens (tertiary/aromatic N) is 3. The monoisotopic (exact) mass is 468 g/mol. The molecule has 1 heterocycles. The number of carbonyl (C=O) groups excluding carboxylic acids is 1. The lowest BCUT2D eigenvalue weighted by atomic mass is 9.99. The summed E-state index contributed by atoms with van der Waals surface area (Å²) in [4.78, 5) is 19.8. The van der Waals surface area contributed by atoms with E-state index >= 15 is 0 Å². The number of anilines is 2. The molecule has 0 saturated carbocycles. The molecule has 0 aliphatic heterocycles. The van der Waals surface area contributed by atoms with E-state index in [9.17, 15) is 9.00 Å². The second kappa shape index (κ2) is 11.0. The summed E-state index contributed by atoms with van der Waals surface area (Å²) in [6.45, 7) is 2.87. The van der Waals surface area contributed by atoms with Gasteiger partial charge in [0.2, 0.25) is 0 Å². The molecule has 0 spiro atoms. The largest absolute Gasteiger partial charge is 0.384 e. The number of thiazole rings is 1. The average molecular weight is 469 g/mol. The second-order valence-corrected chi connectivity index (χ2v) is 9.41. The quantitative estimate of drug-likeness (QED) is 0.512. The van der Waals surface area contributed by atoms with Crippen LogP contribution in [0.2, 0.25) is 0 Å². The molecule has 0 radical (unpaired) electrons. The van der Waals surface area contributed by atoms with Crippen LogP contribution in [0.15, 0.2) is 54.6 Å². The molecule has 1 amide bonds. The minimum absolute atomic E-state index is 0.0430. The molecule has 3 rings (SSSR count). The molecule has 0 fully saturated rings. The SMILES string of the molecule is COCC(CN(c1ccc(C#N)cc1)c1nc(C(=O)NS(C)=O)c(C)s1)c1ccccc1. The fourth-order valence-electron chi connectivity index (χ4n) is 3.30. The molecule has 9 heteroatoms. The van der Waals surface area contributed by atoms with E-state index in [0.717, 1.165) is 16.1 Å². The molecule has 0 aliphatic rings. The molecule has 2 unspecified atom stereocenters. The summed E-state index contributed by atoms with van der Waals surface area (Å²) in [5.41, 5.74) is 2.79. The number of benzene rings is 2. The number of carbonyl (C=O) groups is 1. The van der Waals surface area contributed by atoms with Gasteiger partial charge < -0.3 is 9.64 Å². The Balaban J connectivity index is 2.02. The fourth-order valence-corrected chi connectivity index (χ4v) is 4.59. The fraction of sp³-hybridized carbons (Fsp3) is 0.261. The second-order valence-electron chi connectivity index (χ2n) is 7.12. The Labute approximate surface area is 194 Å². The standard InChI is InChI=1S/C23H24N4O3S2/c1-16-21(22(28)26-32(3)29)25-23(31-16)27(20-11-9-17(13-24)10-12-20)14-19(15-30-2)18-7-5-4-6-8-18/h4-12,19H,14-15H2,1-3H3,(H,26,28). The Morgan fingerprint density at radius 2 is 1.94 bits per heavy atom. The number of hydrogen-bond donors (Lipinski definition) is 1. The number of rotatable bonds is 9. The molecule has 3 aromatic rings. The third-order valence-corrected chi connectivity index (χ3v) is 6.28. The van der Waals surface area contributed by atoms with Crippen LogP contribution in [0.3, 0.4) is 0 Å². The van der Waals surface area contributed by atoms with Gasteiger partial charge in [-0.2, -0.15) is 5.26 Å². The molecular formula is C23H24N4O3S2. The van der Waals surface area contributed by atoms with Crippen molar-refractivity contribution in [1.82, 2.24) is 9.71 Å². The topological polar surface area (TPSA) is 95.3 Å². The average Bonchev–Trinajstić information content (AvgIpc) is 3.18. The normalized spacial score (nSPS) is 12.6. The smallest absolute Gasteiger partial charge is 0.282 e. The summed E-state index contributed by atoms with van der Waals surface area (Å²) in [6, 6.07) is 19.4. The molecule has 166 valence electrons. The zero-order valence-electron chi connectivity index (χ0n) is 18.1. The molecule has 2 aromatic carbocycles. The van der Waals surface area contributed by atoms with Crippen molar-refractivity contribution >= 4 is 39.0 Å². The molecule has 0 aliphatic carbocycles. The minimum Gasteiger partial charge on any atom is -0.384 e. The highest BCUT2D eigenvalue weighted by Crippen LogP contribution is 2.34. The van der Waals surface area contributed by atoms with E-state index in [1.54, 1.807) is 19.2 Å². The number of aryl methyl sites for hydroxylation is 1. The van der Waals surface area contributed by atoms with Crippen LogP contribution >= 0.6 is 11.3 Å². The van der Waals surface area contributed by atoms with Crippen LogP contribution in [0.4, 0.5) is 10.8 Å². The summed E-state index contributed by atoms with van der Waals surface area (Å²) in [5, 5.41) is 9.80. The van der Waals surface area contributed by atoms with Crippen molar-refractivity contribution in [2.24, 2.45) is 0 Å². The lowest BCUT2D eigenvalue weighted by molar-refractivity contribution is 0.0978. The summed E-state index contributed by atoms with van der Waals surface area (Å²) in [5.74, 6) is -0.427. The van der Waals surface area contributed by atoms with Crippen LogP contribution in [-0.4, -0.2) is 41.6 Å². The summed E-state index contributed by atoms with van der Waals surface area (Å²) < 4.78 is 19.3. The van der Waals surface area contributed by atoms with Gasteiger partial charge in [-0.3, -0.25) is 9.52 Å². The summed E-state index contributed by atoms with van der Waals surface area (Å²) >= 11 is 1.39. The number of amides is 1. The van der Waals surface area contributed by atoms with Crippen molar-refractivity contribution in [2.45, 2.75) is 12.8 Å². The molecule has 2 atom stereocenters. The van der Waals surface area contributed by atoms with E-state index < -0.39 is 16.9 Å². The number of aromatic nitrogens is 1. The number of hydrogen-bond acceptors (Lipinski definition) is 7. The third-order valence-electron chi connectivity index (χ3n) is 4.82. The maximum Gasteiger partial charge on any atom is 0.282 e. The number of ether oxygens (including phenoxy) is 1. The van der Waals surface area contributed by atoms with Crippen LogP contribution in [0, 0.1) is 18.3 Å². The van der Waals surface area contributed by atoms with E-state index in [1.165, 1.54) is 17.6 Å². The Kier molecular flexibility index (Phi) is 8.11. The molecule has 0 saturated heterocycles. The van der Waals surface area contributed by atoms with Gasteiger partial charge in [-0.25, -0.2) is 9.19 Å². The van der Waals surface area contributed by atoms with E-state index in [4.69, 9.17) is 10.00 Å². The van der Waals surface area contributed by atoms with Crippen LogP contribution < -0.4 is 9.62 Å². The zero-order valence-corrected chi connectivity index (χ0v) is 19.7. The Bertz CT molecular complexity index is 1120. The maximum atomic E-state index is 12.4. The first-order valence-electron chi connectivity index (χ1n) is 9.86. The molecule has 7 nitrogen and oxygen atoms in total. The first-order chi connectivity index (χ1) is 15.4. The highest BCUT2D eigenvalue weighted by Gasteiger charge is 2.24. The molecule has 32 heavy (non-hydrogen) atoms. The predicted molar refractivity (Wildman–Crippen MR) is 128 cm³/mol. The first-order valence-corrected chi connectivity index (χ1v) is 12.2. The van der Waals surface area contributed by atoms with Crippen LogP contribution in [0.5, 0.6) is 0 Å². The van der Waals surface area contributed by atoms with E-state index in [2.05, 4.69) is 27.9 Å². The van der Waals surface area contributed by atoms with Gasteiger partial charge >= 0.3 is 0 Å². The Hall–Kier alpha value is -3.06. The van der Waals surface area contributed by atoms with Crippen LogP contribution in [0.25, 0.3) is 0 Å². The van der Waals surface area contributed by atoms with Gasteiger partial charge in [0.25, 0.3) is 5.91 Å². The van der Waals surface area contributed by atoms with Crippen molar-refractivity contribution in [3.63, 3.8) is 0 Å². The molecule has 1 aromatic heterocycles. The number of nitrogens with one attached hydrogen (secondary N) is 1. The maximum absolute atomic E-state index is 12.4. The summed E-state index contributed by atoms with van der Waals surface area (Å²) in [6.07, 6.45) is 1.40. The molecule has 1 N–H and O–H groups in total. The zero-order chi connectivity index (χ0) is 23.1. The van der Waals surface area contributed by atoms with Gasteiger partial charge in [0.1, 0.15) is 16.7 Å². The van der Waals surface area contributed by atoms with Crippen molar-refractivity contribution in [3.05, 3.63) is 76.3 Å². The van der Waals surface area contributed by atoms with Gasteiger partial charge in [0.15, 0.2) is 5.13 Å². The Morgan fingerprint density at radius 1 is 1.25 bits per heavy atom. The van der Waals surface area contributed by atoms with Crippen LogP contribution in [0.1, 0.15) is 32.4 Å². The van der Waals surface area contributed by atoms with Gasteiger partial charge in [0, 0.05) is 36.4 Å². The van der Waals surface area contributed by atoms with E-state index in [-0.39, 0.29) is 11.6 Å². The molecule has 0 bridgehead atoms. The van der Waals surface area contributed by atoms with Crippen LogP contribution in [-0.2, 0) is 15.7 Å². The Morgan fingerprint density at radius 3 is 2.53 bits per heavy atom. The van der Waals surface area contributed by atoms with Crippen molar-refractivity contribution in [1.29, 1.82) is 5.26 Å². The van der Waals surface area contributed by atoms with E-state index in [1.807, 2.05) is 42.2 Å².